The van der Waals surface area contributed by atoms with Crippen molar-refractivity contribution in [2.45, 2.75) is 19.5 Å². The number of methoxy groups -OCH3 is 1. The number of carbonyl (C=O) groups is 3. The Morgan fingerprint density at radius 1 is 1.15 bits per heavy atom. The number of benzene rings is 2. The van der Waals surface area contributed by atoms with Crippen LogP contribution in [0.2, 0.25) is 0 Å². The van der Waals surface area contributed by atoms with Crippen molar-refractivity contribution in [1.29, 1.82) is 0 Å². The molecule has 2 aromatic rings. The van der Waals surface area contributed by atoms with Crippen molar-refractivity contribution in [3.05, 3.63) is 70.3 Å². The first-order valence-corrected chi connectivity index (χ1v) is 8.53. The van der Waals surface area contributed by atoms with Crippen molar-refractivity contribution in [2.75, 3.05) is 13.7 Å². The Kier molecular flexibility index (Phi) is 5.40. The van der Waals surface area contributed by atoms with Gasteiger partial charge in [0.15, 0.2) is 0 Å². The van der Waals surface area contributed by atoms with Crippen molar-refractivity contribution in [2.24, 2.45) is 0 Å². The number of nitrogens with one attached hydrogen (secondary N) is 1. The van der Waals surface area contributed by atoms with Gasteiger partial charge in [0.05, 0.1) is 18.2 Å². The summed E-state index contributed by atoms with van der Waals surface area (Å²) in [7, 11) is 1.35. The van der Waals surface area contributed by atoms with Crippen LogP contribution >= 0.6 is 0 Å². The summed E-state index contributed by atoms with van der Waals surface area (Å²) in [5.41, 5.74) is 3.44. The lowest BCUT2D eigenvalue weighted by atomic mass is 9.94. The molecule has 3 rings (SSSR count). The number of nitrogens with zero attached hydrogens (tertiary/aromatic N) is 1. The van der Waals surface area contributed by atoms with Gasteiger partial charge in [0.2, 0.25) is 0 Å². The van der Waals surface area contributed by atoms with Crippen LogP contribution in [0.5, 0.6) is 0 Å². The molecule has 0 fully saturated rings. The third-order valence-corrected chi connectivity index (χ3v) is 4.60. The van der Waals surface area contributed by atoms with E-state index in [1.54, 1.807) is 29.2 Å². The van der Waals surface area contributed by atoms with E-state index in [4.69, 9.17) is 9.84 Å². The van der Waals surface area contributed by atoms with E-state index in [-0.39, 0.29) is 17.6 Å². The molecule has 2 amide bonds. The van der Waals surface area contributed by atoms with Crippen molar-refractivity contribution >= 4 is 18.0 Å². The van der Waals surface area contributed by atoms with E-state index in [9.17, 15) is 14.4 Å². The third kappa shape index (κ3) is 4.08. The molecule has 2 aromatic carbocycles. The number of carboxylic acid groups (broad SMARTS) is 1. The van der Waals surface area contributed by atoms with Gasteiger partial charge in [0.25, 0.3) is 0 Å². The zero-order valence-corrected chi connectivity index (χ0v) is 14.9. The molecule has 7 heteroatoms. The van der Waals surface area contributed by atoms with Crippen LogP contribution < -0.4 is 5.32 Å². The molecule has 0 bridgehead atoms. The summed E-state index contributed by atoms with van der Waals surface area (Å²) in [4.78, 5) is 36.9. The molecular weight excluding hydrogens is 348 g/mol. The zero-order chi connectivity index (χ0) is 19.4. The topological polar surface area (TPSA) is 95.9 Å². The molecule has 0 spiro atoms. The number of esters is 1. The molecule has 0 unspecified atom stereocenters. The highest BCUT2D eigenvalue weighted by atomic mass is 16.5. The molecular formula is C20H20N2O5. The van der Waals surface area contributed by atoms with E-state index in [2.05, 4.69) is 5.32 Å². The Balaban J connectivity index is 1.62. The molecule has 0 saturated carbocycles. The highest BCUT2D eigenvalue weighted by Crippen LogP contribution is 2.23. The largest absolute Gasteiger partial charge is 0.478 e. The second-order valence-corrected chi connectivity index (χ2v) is 6.27. The molecule has 1 aliphatic heterocycles. The fourth-order valence-electron chi connectivity index (χ4n) is 3.14. The maximum atomic E-state index is 12.5. The Bertz CT molecular complexity index is 876. The number of ether oxygens (including phenoxy) is 1. The van der Waals surface area contributed by atoms with E-state index < -0.39 is 5.97 Å². The quantitative estimate of drug-likeness (QED) is 0.808. The van der Waals surface area contributed by atoms with Gasteiger partial charge in [-0.1, -0.05) is 24.3 Å². The lowest BCUT2D eigenvalue weighted by Crippen LogP contribution is -2.42. The minimum Gasteiger partial charge on any atom is -0.478 e. The summed E-state index contributed by atoms with van der Waals surface area (Å²) in [6.45, 7) is 1.24. The number of fused-ring (bicyclic) bond motifs is 1. The van der Waals surface area contributed by atoms with Gasteiger partial charge in [-0.3, -0.25) is 0 Å². The summed E-state index contributed by atoms with van der Waals surface area (Å²) in [5, 5.41) is 11.8. The summed E-state index contributed by atoms with van der Waals surface area (Å²) in [5.74, 6) is -1.35. The van der Waals surface area contributed by atoms with Crippen molar-refractivity contribution in [3.63, 3.8) is 0 Å². The third-order valence-electron chi connectivity index (χ3n) is 4.60. The van der Waals surface area contributed by atoms with Crippen LogP contribution in [0.3, 0.4) is 0 Å². The van der Waals surface area contributed by atoms with Gasteiger partial charge < -0.3 is 20.1 Å². The molecule has 0 aliphatic carbocycles. The van der Waals surface area contributed by atoms with Crippen molar-refractivity contribution < 1.29 is 24.2 Å². The summed E-state index contributed by atoms with van der Waals surface area (Å²) < 4.78 is 4.82. The predicted molar refractivity (Wildman–Crippen MR) is 97.5 cm³/mol. The fraction of sp³-hybridized carbons (Fsp3) is 0.250. The highest BCUT2D eigenvalue weighted by Gasteiger charge is 2.24. The Morgan fingerprint density at radius 2 is 1.89 bits per heavy atom. The van der Waals surface area contributed by atoms with E-state index in [1.807, 2.05) is 6.07 Å². The lowest BCUT2D eigenvalue weighted by molar-refractivity contribution is 0.0598. The first-order chi connectivity index (χ1) is 13.0. The maximum absolute atomic E-state index is 12.5. The van der Waals surface area contributed by atoms with Gasteiger partial charge in [-0.15, -0.1) is 0 Å². The molecule has 0 saturated heterocycles. The Hall–Kier alpha value is -3.35. The van der Waals surface area contributed by atoms with Gasteiger partial charge in [0.1, 0.15) is 0 Å². The monoisotopic (exact) mass is 368 g/mol. The fourth-order valence-corrected chi connectivity index (χ4v) is 3.14. The number of carbonyl (C=O) groups excluding carboxylic acids is 2. The van der Waals surface area contributed by atoms with Gasteiger partial charge in [-0.25, -0.2) is 14.4 Å². The van der Waals surface area contributed by atoms with Gasteiger partial charge in [-0.2, -0.15) is 0 Å². The minimum atomic E-state index is -0.983. The van der Waals surface area contributed by atoms with E-state index >= 15 is 0 Å². The number of hydrogen-bond acceptors (Lipinski definition) is 4. The molecule has 7 nitrogen and oxygen atoms in total. The predicted octanol–water partition coefficient (Wildman–Crippen LogP) is 2.44. The molecule has 1 heterocycles. The number of carboxylic acids is 1. The molecule has 140 valence electrons. The first kappa shape index (κ1) is 18.4. The van der Waals surface area contributed by atoms with E-state index in [0.29, 0.717) is 31.6 Å². The van der Waals surface area contributed by atoms with Crippen LogP contribution in [0.1, 0.15) is 37.4 Å². The average molecular weight is 368 g/mol. The number of rotatable bonds is 4. The normalized spacial score (nSPS) is 12.9. The van der Waals surface area contributed by atoms with Crippen LogP contribution in [-0.4, -0.2) is 41.6 Å². The lowest BCUT2D eigenvalue weighted by Gasteiger charge is -2.30. The second-order valence-electron chi connectivity index (χ2n) is 6.27. The smallest absolute Gasteiger partial charge is 0.338 e. The standard InChI is InChI=1S/C20H20N2O5/c1-27-19(25)17-4-2-3-15-12-22(10-9-16(15)17)20(26)21-11-13-5-7-14(8-6-13)18(23)24/h2-8H,9-12H2,1H3,(H,21,26)(H,23,24). The van der Waals surface area contributed by atoms with Crippen LogP contribution in [0.25, 0.3) is 0 Å². The van der Waals surface area contributed by atoms with Gasteiger partial charge in [-0.05, 0) is 41.3 Å². The SMILES string of the molecule is COC(=O)c1cccc2c1CCN(C(=O)NCc1ccc(C(=O)O)cc1)C2. The van der Waals surface area contributed by atoms with E-state index in [0.717, 1.165) is 16.7 Å². The number of amides is 2. The highest BCUT2D eigenvalue weighted by molar-refractivity contribution is 5.91. The number of hydrogen-bond donors (Lipinski definition) is 2. The molecule has 0 aromatic heterocycles. The first-order valence-electron chi connectivity index (χ1n) is 8.53. The Labute approximate surface area is 156 Å². The second kappa shape index (κ2) is 7.90. The number of urea groups is 1. The maximum Gasteiger partial charge on any atom is 0.338 e. The summed E-state index contributed by atoms with van der Waals surface area (Å²) in [6, 6.07) is 11.6. The molecule has 1 aliphatic rings. The number of aromatic carboxylic acids is 1. The Morgan fingerprint density at radius 3 is 2.56 bits per heavy atom. The zero-order valence-electron chi connectivity index (χ0n) is 14.9. The molecule has 0 atom stereocenters. The van der Waals surface area contributed by atoms with Crippen LogP contribution in [0.15, 0.2) is 42.5 Å². The summed E-state index contributed by atoms with van der Waals surface area (Å²) >= 11 is 0. The van der Waals surface area contributed by atoms with E-state index in [1.165, 1.54) is 19.2 Å². The van der Waals surface area contributed by atoms with Crippen molar-refractivity contribution in [1.82, 2.24) is 10.2 Å². The van der Waals surface area contributed by atoms with Gasteiger partial charge in [0, 0.05) is 19.6 Å². The van der Waals surface area contributed by atoms with Gasteiger partial charge >= 0.3 is 18.0 Å². The van der Waals surface area contributed by atoms with Crippen LogP contribution in [-0.2, 0) is 24.2 Å². The average Bonchev–Trinajstić information content (AvgIpc) is 2.70. The minimum absolute atomic E-state index is 0.202. The molecule has 2 N–H and O–H groups in total. The van der Waals surface area contributed by atoms with Crippen LogP contribution in [0.4, 0.5) is 4.79 Å². The summed E-state index contributed by atoms with van der Waals surface area (Å²) in [6.07, 6.45) is 0.585. The van der Waals surface area contributed by atoms with Crippen LogP contribution in [0, 0.1) is 0 Å². The molecule has 27 heavy (non-hydrogen) atoms. The molecule has 0 radical (unpaired) electrons. The van der Waals surface area contributed by atoms with Crippen molar-refractivity contribution in [3.8, 4) is 0 Å².